The lowest BCUT2D eigenvalue weighted by Crippen LogP contribution is -2.23. The lowest BCUT2D eigenvalue weighted by Gasteiger charge is -2.20. The SMILES string of the molecule is CCNC(Cc1ccc(Cl)cc1)c1cc(C)c(F)cc1Cl. The zero-order chi connectivity index (χ0) is 15.4. The summed E-state index contributed by atoms with van der Waals surface area (Å²) in [5, 5.41) is 4.58. The van der Waals surface area contributed by atoms with E-state index in [0.717, 1.165) is 29.1 Å². The molecule has 0 saturated heterocycles. The molecule has 0 aliphatic carbocycles. The zero-order valence-electron chi connectivity index (χ0n) is 12.1. The smallest absolute Gasteiger partial charge is 0.127 e. The third-order valence-electron chi connectivity index (χ3n) is 3.46. The Morgan fingerprint density at radius 3 is 2.43 bits per heavy atom. The van der Waals surface area contributed by atoms with Gasteiger partial charge < -0.3 is 5.32 Å². The van der Waals surface area contributed by atoms with Crippen LogP contribution in [-0.4, -0.2) is 6.54 Å². The molecule has 1 atom stereocenters. The molecule has 2 rings (SSSR count). The van der Waals surface area contributed by atoms with Crippen LogP contribution in [0.25, 0.3) is 0 Å². The van der Waals surface area contributed by atoms with Crippen LogP contribution in [0.3, 0.4) is 0 Å². The van der Waals surface area contributed by atoms with Gasteiger partial charge in [0.1, 0.15) is 5.82 Å². The Morgan fingerprint density at radius 1 is 1.14 bits per heavy atom. The number of nitrogens with one attached hydrogen (secondary N) is 1. The highest BCUT2D eigenvalue weighted by atomic mass is 35.5. The van der Waals surface area contributed by atoms with Crippen molar-refractivity contribution in [2.45, 2.75) is 26.3 Å². The molecule has 0 saturated carbocycles. The predicted molar refractivity (Wildman–Crippen MR) is 87.7 cm³/mol. The molecule has 0 radical (unpaired) electrons. The first-order valence-electron chi connectivity index (χ1n) is 6.94. The molecule has 0 amide bonds. The van der Waals surface area contributed by atoms with E-state index in [1.165, 1.54) is 6.07 Å². The maximum atomic E-state index is 13.6. The van der Waals surface area contributed by atoms with E-state index < -0.39 is 0 Å². The lowest BCUT2D eigenvalue weighted by atomic mass is 9.97. The summed E-state index contributed by atoms with van der Waals surface area (Å²) in [6.07, 6.45) is 0.774. The molecular weight excluding hydrogens is 308 g/mol. The summed E-state index contributed by atoms with van der Waals surface area (Å²) >= 11 is 12.1. The Bertz CT molecular complexity index is 611. The van der Waals surface area contributed by atoms with Crippen LogP contribution in [0.2, 0.25) is 10.0 Å². The van der Waals surface area contributed by atoms with Gasteiger partial charge in [-0.1, -0.05) is 48.3 Å². The number of rotatable bonds is 5. The zero-order valence-corrected chi connectivity index (χ0v) is 13.6. The van der Waals surface area contributed by atoms with E-state index in [1.807, 2.05) is 37.3 Å². The second kappa shape index (κ2) is 7.26. The fourth-order valence-electron chi connectivity index (χ4n) is 2.34. The highest BCUT2D eigenvalue weighted by Crippen LogP contribution is 2.28. The van der Waals surface area contributed by atoms with Crippen LogP contribution in [0.4, 0.5) is 4.39 Å². The van der Waals surface area contributed by atoms with Gasteiger partial charge in [-0.15, -0.1) is 0 Å². The van der Waals surface area contributed by atoms with Gasteiger partial charge in [-0.2, -0.15) is 0 Å². The average Bonchev–Trinajstić information content (AvgIpc) is 2.45. The first kappa shape index (κ1) is 16.3. The average molecular weight is 326 g/mol. The molecule has 2 aromatic carbocycles. The summed E-state index contributed by atoms with van der Waals surface area (Å²) < 4.78 is 13.6. The standard InChI is InChI=1S/C17H18Cl2FN/c1-3-21-17(9-12-4-6-13(18)7-5-12)14-8-11(2)16(20)10-15(14)19/h4-8,10,17,21H,3,9H2,1-2H3. The van der Waals surface area contributed by atoms with E-state index in [1.54, 1.807) is 6.92 Å². The van der Waals surface area contributed by atoms with Gasteiger partial charge in [0, 0.05) is 16.1 Å². The van der Waals surface area contributed by atoms with Gasteiger partial charge in [-0.25, -0.2) is 4.39 Å². The molecule has 0 spiro atoms. The maximum absolute atomic E-state index is 13.6. The highest BCUT2D eigenvalue weighted by molar-refractivity contribution is 6.31. The number of aryl methyl sites for hydroxylation is 1. The Labute approximate surface area is 135 Å². The molecule has 0 bridgehead atoms. The molecule has 2 aromatic rings. The molecule has 0 aromatic heterocycles. The van der Waals surface area contributed by atoms with E-state index in [4.69, 9.17) is 23.2 Å². The second-order valence-electron chi connectivity index (χ2n) is 5.06. The summed E-state index contributed by atoms with van der Waals surface area (Å²) in [7, 11) is 0. The first-order valence-corrected chi connectivity index (χ1v) is 7.70. The minimum absolute atomic E-state index is 0.0444. The summed E-state index contributed by atoms with van der Waals surface area (Å²) in [6.45, 7) is 4.60. The molecule has 1 unspecified atom stereocenters. The molecule has 1 nitrogen and oxygen atoms in total. The Kier molecular flexibility index (Phi) is 5.63. The van der Waals surface area contributed by atoms with Crippen molar-refractivity contribution in [1.29, 1.82) is 0 Å². The summed E-state index contributed by atoms with van der Waals surface area (Å²) in [5.41, 5.74) is 2.68. The Balaban J connectivity index is 2.30. The Hall–Kier alpha value is -1.09. The van der Waals surface area contributed by atoms with E-state index >= 15 is 0 Å². The monoisotopic (exact) mass is 325 g/mol. The minimum atomic E-state index is -0.273. The van der Waals surface area contributed by atoms with E-state index in [-0.39, 0.29) is 11.9 Å². The first-order chi connectivity index (χ1) is 10.0. The minimum Gasteiger partial charge on any atom is -0.310 e. The van der Waals surface area contributed by atoms with E-state index in [2.05, 4.69) is 5.32 Å². The van der Waals surface area contributed by atoms with Crippen LogP contribution in [0.1, 0.15) is 29.7 Å². The van der Waals surface area contributed by atoms with Crippen LogP contribution < -0.4 is 5.32 Å². The fourth-order valence-corrected chi connectivity index (χ4v) is 2.75. The fraction of sp³-hybridized carbons (Fsp3) is 0.294. The van der Waals surface area contributed by atoms with Gasteiger partial charge in [0.25, 0.3) is 0 Å². The van der Waals surface area contributed by atoms with Crippen molar-refractivity contribution < 1.29 is 4.39 Å². The topological polar surface area (TPSA) is 12.0 Å². The number of hydrogen-bond acceptors (Lipinski definition) is 1. The van der Waals surface area contributed by atoms with Crippen molar-refractivity contribution >= 4 is 23.2 Å². The predicted octanol–water partition coefficient (Wildman–Crippen LogP) is 5.33. The summed E-state index contributed by atoms with van der Waals surface area (Å²) in [6, 6.07) is 11.0. The molecule has 1 N–H and O–H groups in total. The van der Waals surface area contributed by atoms with Crippen LogP contribution >= 0.6 is 23.2 Å². The molecule has 21 heavy (non-hydrogen) atoms. The van der Waals surface area contributed by atoms with Gasteiger partial charge in [0.2, 0.25) is 0 Å². The Morgan fingerprint density at radius 2 is 1.81 bits per heavy atom. The summed E-state index contributed by atoms with van der Waals surface area (Å²) in [4.78, 5) is 0. The van der Waals surface area contributed by atoms with Crippen molar-refractivity contribution in [2.75, 3.05) is 6.54 Å². The normalized spacial score (nSPS) is 12.4. The van der Waals surface area contributed by atoms with Crippen molar-refractivity contribution in [2.24, 2.45) is 0 Å². The van der Waals surface area contributed by atoms with Gasteiger partial charge >= 0.3 is 0 Å². The quantitative estimate of drug-likeness (QED) is 0.782. The number of halogens is 3. The molecule has 0 heterocycles. The van der Waals surface area contributed by atoms with Crippen molar-refractivity contribution in [1.82, 2.24) is 5.32 Å². The number of benzene rings is 2. The maximum Gasteiger partial charge on any atom is 0.127 e. The molecule has 4 heteroatoms. The molecule has 112 valence electrons. The third kappa shape index (κ3) is 4.19. The second-order valence-corrected chi connectivity index (χ2v) is 5.91. The third-order valence-corrected chi connectivity index (χ3v) is 4.04. The van der Waals surface area contributed by atoms with Crippen molar-refractivity contribution in [3.63, 3.8) is 0 Å². The molecule has 0 aliphatic rings. The van der Waals surface area contributed by atoms with Gasteiger partial charge in [-0.05, 0) is 54.8 Å². The van der Waals surface area contributed by atoms with Crippen LogP contribution in [0.15, 0.2) is 36.4 Å². The molecule has 0 fully saturated rings. The number of likely N-dealkylation sites (N-methyl/N-ethyl adjacent to an activating group) is 1. The summed E-state index contributed by atoms with van der Waals surface area (Å²) in [5.74, 6) is -0.273. The lowest BCUT2D eigenvalue weighted by molar-refractivity contribution is 0.546. The largest absolute Gasteiger partial charge is 0.310 e. The van der Waals surface area contributed by atoms with Crippen LogP contribution in [0.5, 0.6) is 0 Å². The molecular formula is C17H18Cl2FN. The van der Waals surface area contributed by atoms with Crippen LogP contribution in [0, 0.1) is 12.7 Å². The van der Waals surface area contributed by atoms with Gasteiger partial charge in [0.05, 0.1) is 0 Å². The van der Waals surface area contributed by atoms with Crippen molar-refractivity contribution in [3.8, 4) is 0 Å². The van der Waals surface area contributed by atoms with E-state index in [9.17, 15) is 4.39 Å². The van der Waals surface area contributed by atoms with Crippen LogP contribution in [-0.2, 0) is 6.42 Å². The van der Waals surface area contributed by atoms with Crippen molar-refractivity contribution in [3.05, 3.63) is 69.0 Å². The van der Waals surface area contributed by atoms with E-state index in [0.29, 0.717) is 10.6 Å². The number of hydrogen-bond donors (Lipinski definition) is 1. The highest BCUT2D eigenvalue weighted by Gasteiger charge is 2.16. The van der Waals surface area contributed by atoms with Gasteiger partial charge in [0.15, 0.2) is 0 Å². The van der Waals surface area contributed by atoms with Gasteiger partial charge in [-0.3, -0.25) is 0 Å². The molecule has 0 aliphatic heterocycles.